The topological polar surface area (TPSA) is 12.4 Å². The molecule has 0 N–H and O–H groups in total. The number of rotatable bonds is 1. The summed E-state index contributed by atoms with van der Waals surface area (Å²) in [6.07, 6.45) is 0.895. The molecule has 1 heterocycles. The van der Waals surface area contributed by atoms with Crippen molar-refractivity contribution in [2.45, 2.75) is 33.1 Å². The summed E-state index contributed by atoms with van der Waals surface area (Å²) in [5.74, 6) is 0.541. The molecule has 0 spiro atoms. The van der Waals surface area contributed by atoms with Crippen LogP contribution in [-0.4, -0.2) is 5.71 Å². The third kappa shape index (κ3) is 2.38. The predicted molar refractivity (Wildman–Crippen MR) is 86.7 cm³/mol. The second kappa shape index (κ2) is 5.06. The molecule has 0 aliphatic carbocycles. The average Bonchev–Trinajstić information content (AvgIpc) is 2.54. The minimum atomic E-state index is 0.541. The summed E-state index contributed by atoms with van der Waals surface area (Å²) in [7, 11) is 0. The molecular weight excluding hydrogens is 266 g/mol. The number of nitrogens with zero attached hydrogens (tertiary/aromatic N) is 1. The zero-order chi connectivity index (χ0) is 14.3. The van der Waals surface area contributed by atoms with Crippen LogP contribution in [0.3, 0.4) is 0 Å². The van der Waals surface area contributed by atoms with Crippen molar-refractivity contribution < 1.29 is 0 Å². The Hall–Kier alpha value is -1.60. The number of hydrogen-bond donors (Lipinski definition) is 0. The van der Waals surface area contributed by atoms with Gasteiger partial charge in [-0.25, -0.2) is 0 Å². The summed E-state index contributed by atoms with van der Waals surface area (Å²) in [5.41, 5.74) is 7.30. The Bertz CT molecular complexity index is 699. The van der Waals surface area contributed by atoms with Gasteiger partial charge >= 0.3 is 0 Å². The smallest absolute Gasteiger partial charge is 0.0669 e. The lowest BCUT2D eigenvalue weighted by atomic mass is 9.93. The number of benzene rings is 2. The van der Waals surface area contributed by atoms with E-state index in [0.717, 1.165) is 22.8 Å². The molecule has 0 saturated carbocycles. The van der Waals surface area contributed by atoms with Crippen molar-refractivity contribution in [2.24, 2.45) is 4.99 Å². The van der Waals surface area contributed by atoms with Crippen molar-refractivity contribution in [3.8, 4) is 0 Å². The zero-order valence-corrected chi connectivity index (χ0v) is 12.8. The van der Waals surface area contributed by atoms with Crippen LogP contribution in [-0.2, 0) is 6.42 Å². The minimum absolute atomic E-state index is 0.541. The van der Waals surface area contributed by atoms with Crippen molar-refractivity contribution in [3.63, 3.8) is 0 Å². The highest BCUT2D eigenvalue weighted by Gasteiger charge is 2.15. The van der Waals surface area contributed by atoms with Crippen LogP contribution in [0.4, 0.5) is 5.69 Å². The van der Waals surface area contributed by atoms with Gasteiger partial charge in [0.2, 0.25) is 0 Å². The van der Waals surface area contributed by atoms with Gasteiger partial charge in [-0.3, -0.25) is 4.99 Å². The molecule has 0 fully saturated rings. The molecule has 20 heavy (non-hydrogen) atoms. The number of hydrogen-bond acceptors (Lipinski definition) is 1. The molecule has 0 bridgehead atoms. The first-order valence-electron chi connectivity index (χ1n) is 7.01. The first-order valence-corrected chi connectivity index (χ1v) is 7.39. The molecule has 2 aromatic carbocycles. The molecule has 1 aliphatic heterocycles. The Balaban J connectivity index is 2.17. The van der Waals surface area contributed by atoms with Gasteiger partial charge < -0.3 is 0 Å². The van der Waals surface area contributed by atoms with Gasteiger partial charge in [-0.15, -0.1) is 0 Å². The summed E-state index contributed by atoms with van der Waals surface area (Å²) in [5, 5.41) is 0.778. The third-order valence-electron chi connectivity index (χ3n) is 3.90. The summed E-state index contributed by atoms with van der Waals surface area (Å²) < 4.78 is 0. The van der Waals surface area contributed by atoms with Gasteiger partial charge in [0.15, 0.2) is 0 Å². The monoisotopic (exact) mass is 283 g/mol. The maximum Gasteiger partial charge on any atom is 0.0669 e. The van der Waals surface area contributed by atoms with E-state index in [2.05, 4.69) is 39.0 Å². The van der Waals surface area contributed by atoms with E-state index in [0.29, 0.717) is 5.92 Å². The maximum absolute atomic E-state index is 6.13. The van der Waals surface area contributed by atoms with Crippen LogP contribution in [0.1, 0.15) is 48.9 Å². The molecule has 0 aromatic heterocycles. The molecule has 3 rings (SSSR count). The molecule has 102 valence electrons. The minimum Gasteiger partial charge on any atom is -0.253 e. The maximum atomic E-state index is 6.13. The number of aliphatic imine (C=N–C) groups is 1. The summed E-state index contributed by atoms with van der Waals surface area (Å²) in [4.78, 5) is 4.75. The first-order chi connectivity index (χ1) is 9.54. The average molecular weight is 284 g/mol. The van der Waals surface area contributed by atoms with E-state index in [-0.39, 0.29) is 0 Å². The van der Waals surface area contributed by atoms with Crippen molar-refractivity contribution in [1.82, 2.24) is 0 Å². The summed E-state index contributed by atoms with van der Waals surface area (Å²) in [6.45, 7) is 6.53. The molecule has 0 radical (unpaired) electrons. The summed E-state index contributed by atoms with van der Waals surface area (Å²) in [6, 6.07) is 12.7. The van der Waals surface area contributed by atoms with E-state index in [1.54, 1.807) is 0 Å². The van der Waals surface area contributed by atoms with Crippen LogP contribution in [0.2, 0.25) is 5.02 Å². The van der Waals surface area contributed by atoms with Crippen molar-refractivity contribution in [2.75, 3.05) is 0 Å². The highest BCUT2D eigenvalue weighted by Crippen LogP contribution is 2.32. The van der Waals surface area contributed by atoms with Crippen LogP contribution in [0, 0.1) is 0 Å². The standard InChI is InChI=1S/C18H18ClN/c1-11(2)13-4-6-17-12(3)20-18-7-5-16(19)10-15(18)9-14(17)8-13/h4-8,10-11H,9H2,1-3H3. The van der Waals surface area contributed by atoms with Gasteiger partial charge in [0.05, 0.1) is 5.69 Å². The lowest BCUT2D eigenvalue weighted by Gasteiger charge is -2.12. The van der Waals surface area contributed by atoms with E-state index >= 15 is 0 Å². The Kier molecular flexibility index (Phi) is 3.39. The molecule has 1 aliphatic rings. The van der Waals surface area contributed by atoms with Gasteiger partial charge in [-0.1, -0.05) is 43.6 Å². The Morgan fingerprint density at radius 3 is 2.60 bits per heavy atom. The fraction of sp³-hybridized carbons (Fsp3) is 0.278. The van der Waals surface area contributed by atoms with Crippen LogP contribution in [0.15, 0.2) is 41.4 Å². The second-order valence-corrected chi connectivity index (χ2v) is 6.15. The largest absolute Gasteiger partial charge is 0.253 e. The van der Waals surface area contributed by atoms with Crippen LogP contribution in [0.5, 0.6) is 0 Å². The molecule has 0 amide bonds. The van der Waals surface area contributed by atoms with E-state index in [1.807, 2.05) is 18.2 Å². The Labute approximate surface area is 125 Å². The molecule has 0 atom stereocenters. The van der Waals surface area contributed by atoms with Gasteiger partial charge in [0.25, 0.3) is 0 Å². The number of halogens is 1. The van der Waals surface area contributed by atoms with Crippen molar-refractivity contribution >= 4 is 23.0 Å². The van der Waals surface area contributed by atoms with Crippen molar-refractivity contribution in [3.05, 3.63) is 63.7 Å². The van der Waals surface area contributed by atoms with Crippen LogP contribution < -0.4 is 0 Å². The van der Waals surface area contributed by atoms with E-state index < -0.39 is 0 Å². The molecule has 2 heteroatoms. The lowest BCUT2D eigenvalue weighted by Crippen LogP contribution is -2.01. The van der Waals surface area contributed by atoms with Gasteiger partial charge in [-0.2, -0.15) is 0 Å². The van der Waals surface area contributed by atoms with E-state index in [1.165, 1.54) is 22.3 Å². The molecule has 0 saturated heterocycles. The normalized spacial score (nSPS) is 13.6. The second-order valence-electron chi connectivity index (χ2n) is 5.72. The Morgan fingerprint density at radius 1 is 1.05 bits per heavy atom. The van der Waals surface area contributed by atoms with E-state index in [4.69, 9.17) is 16.6 Å². The third-order valence-corrected chi connectivity index (χ3v) is 4.13. The van der Waals surface area contributed by atoms with Crippen LogP contribution >= 0.6 is 11.6 Å². The summed E-state index contributed by atoms with van der Waals surface area (Å²) >= 11 is 6.13. The van der Waals surface area contributed by atoms with Gasteiger partial charge in [0, 0.05) is 17.2 Å². The quantitative estimate of drug-likeness (QED) is 0.654. The fourth-order valence-electron chi connectivity index (χ4n) is 2.72. The first kappa shape index (κ1) is 13.4. The van der Waals surface area contributed by atoms with Gasteiger partial charge in [-0.05, 0) is 53.3 Å². The predicted octanol–water partition coefficient (Wildman–Crippen LogP) is 5.51. The SMILES string of the molecule is CC1=Nc2ccc(Cl)cc2Cc2cc(C(C)C)ccc21. The highest BCUT2D eigenvalue weighted by molar-refractivity contribution is 6.30. The molecule has 2 aromatic rings. The molecule has 0 unspecified atom stereocenters. The molecule has 1 nitrogen and oxygen atoms in total. The number of fused-ring (bicyclic) bond motifs is 2. The highest BCUT2D eigenvalue weighted by atomic mass is 35.5. The van der Waals surface area contributed by atoms with Gasteiger partial charge in [0.1, 0.15) is 0 Å². The van der Waals surface area contributed by atoms with Crippen molar-refractivity contribution in [1.29, 1.82) is 0 Å². The van der Waals surface area contributed by atoms with E-state index in [9.17, 15) is 0 Å². The van der Waals surface area contributed by atoms with Crippen LogP contribution in [0.25, 0.3) is 0 Å². The zero-order valence-electron chi connectivity index (χ0n) is 12.1. The lowest BCUT2D eigenvalue weighted by molar-refractivity contribution is 0.863. The molecular formula is C18H18ClN. The fourth-order valence-corrected chi connectivity index (χ4v) is 2.92. The Morgan fingerprint density at radius 2 is 1.85 bits per heavy atom.